The number of nitrogens with one attached hydrogen (secondary N) is 1. The molecule has 0 radical (unpaired) electrons. The Kier molecular flexibility index (Phi) is 5.83. The van der Waals surface area contributed by atoms with Gasteiger partial charge in [-0.1, -0.05) is 32.4 Å². The van der Waals surface area contributed by atoms with E-state index in [0.717, 1.165) is 0 Å². The van der Waals surface area contributed by atoms with Crippen molar-refractivity contribution < 1.29 is 19.6 Å². The SMILES string of the molecule is CCC(C)[C@H](NC(=O)Cc1ccc([N+](=O)[O-])cc1)C(=O)O. The minimum Gasteiger partial charge on any atom is -0.480 e. The number of amides is 1. The fourth-order valence-corrected chi connectivity index (χ4v) is 1.83. The molecule has 0 spiro atoms. The average molecular weight is 294 g/mol. The van der Waals surface area contributed by atoms with Crippen LogP contribution in [-0.2, 0) is 16.0 Å². The minimum atomic E-state index is -1.07. The van der Waals surface area contributed by atoms with Gasteiger partial charge in [0, 0.05) is 12.1 Å². The number of nitro benzene ring substituents is 1. The molecule has 2 N–H and O–H groups in total. The van der Waals surface area contributed by atoms with Crippen LogP contribution >= 0.6 is 0 Å². The van der Waals surface area contributed by atoms with Crippen molar-refractivity contribution in [2.24, 2.45) is 5.92 Å². The Morgan fingerprint density at radius 1 is 1.33 bits per heavy atom. The summed E-state index contributed by atoms with van der Waals surface area (Å²) in [7, 11) is 0. The number of rotatable bonds is 7. The second kappa shape index (κ2) is 7.37. The van der Waals surface area contributed by atoms with E-state index in [1.165, 1.54) is 24.3 Å². The summed E-state index contributed by atoms with van der Waals surface area (Å²) in [5, 5.41) is 22.1. The molecule has 1 aromatic carbocycles. The summed E-state index contributed by atoms with van der Waals surface area (Å²) >= 11 is 0. The molecule has 1 rings (SSSR count). The summed E-state index contributed by atoms with van der Waals surface area (Å²) in [5.41, 5.74) is 0.536. The van der Waals surface area contributed by atoms with Gasteiger partial charge in [0.05, 0.1) is 11.3 Å². The van der Waals surface area contributed by atoms with Crippen molar-refractivity contribution >= 4 is 17.6 Å². The number of non-ortho nitro benzene ring substituents is 1. The molecule has 0 bridgehead atoms. The molecule has 0 aromatic heterocycles. The minimum absolute atomic E-state index is 0.0157. The van der Waals surface area contributed by atoms with Gasteiger partial charge >= 0.3 is 5.97 Å². The van der Waals surface area contributed by atoms with Crippen LogP contribution in [0.2, 0.25) is 0 Å². The van der Waals surface area contributed by atoms with Crippen LogP contribution in [0.4, 0.5) is 5.69 Å². The van der Waals surface area contributed by atoms with E-state index in [2.05, 4.69) is 5.32 Å². The fourth-order valence-electron chi connectivity index (χ4n) is 1.83. The van der Waals surface area contributed by atoms with Crippen molar-refractivity contribution in [1.29, 1.82) is 0 Å². The fraction of sp³-hybridized carbons (Fsp3) is 0.429. The number of benzene rings is 1. The second-order valence-electron chi connectivity index (χ2n) is 4.87. The summed E-state index contributed by atoms with van der Waals surface area (Å²) in [6, 6.07) is 4.66. The number of carboxylic acids is 1. The van der Waals surface area contributed by atoms with E-state index < -0.39 is 22.8 Å². The van der Waals surface area contributed by atoms with Crippen LogP contribution in [0.25, 0.3) is 0 Å². The van der Waals surface area contributed by atoms with Crippen LogP contribution in [0.5, 0.6) is 0 Å². The highest BCUT2D eigenvalue weighted by atomic mass is 16.6. The van der Waals surface area contributed by atoms with E-state index in [4.69, 9.17) is 5.11 Å². The number of aliphatic carboxylic acids is 1. The maximum absolute atomic E-state index is 11.9. The number of hydrogen-bond acceptors (Lipinski definition) is 4. The third-order valence-electron chi connectivity index (χ3n) is 3.31. The van der Waals surface area contributed by atoms with Gasteiger partial charge in [-0.25, -0.2) is 4.79 Å². The predicted octanol–water partition coefficient (Wildman–Crippen LogP) is 1.75. The van der Waals surface area contributed by atoms with Gasteiger partial charge in [-0.15, -0.1) is 0 Å². The zero-order valence-corrected chi connectivity index (χ0v) is 11.9. The molecule has 1 amide bonds. The third-order valence-corrected chi connectivity index (χ3v) is 3.31. The van der Waals surface area contributed by atoms with Gasteiger partial charge in [-0.3, -0.25) is 14.9 Å². The van der Waals surface area contributed by atoms with Gasteiger partial charge in [0.25, 0.3) is 5.69 Å². The monoisotopic (exact) mass is 294 g/mol. The maximum Gasteiger partial charge on any atom is 0.326 e. The molecule has 114 valence electrons. The van der Waals surface area contributed by atoms with Gasteiger partial charge in [0.1, 0.15) is 6.04 Å². The van der Waals surface area contributed by atoms with Crippen molar-refractivity contribution in [2.45, 2.75) is 32.7 Å². The van der Waals surface area contributed by atoms with Gasteiger partial charge in [0.15, 0.2) is 0 Å². The molecule has 7 nitrogen and oxygen atoms in total. The molecule has 1 unspecified atom stereocenters. The summed E-state index contributed by atoms with van der Waals surface area (Å²) in [5.74, 6) is -1.67. The summed E-state index contributed by atoms with van der Waals surface area (Å²) < 4.78 is 0. The van der Waals surface area contributed by atoms with E-state index in [1.807, 2.05) is 6.92 Å². The molecule has 7 heteroatoms. The summed E-state index contributed by atoms with van der Waals surface area (Å²) in [4.78, 5) is 33.0. The number of nitrogens with zero attached hydrogens (tertiary/aromatic N) is 1. The molecule has 2 atom stereocenters. The molecule has 1 aromatic rings. The van der Waals surface area contributed by atoms with E-state index in [1.54, 1.807) is 6.92 Å². The van der Waals surface area contributed by atoms with Crippen LogP contribution in [-0.4, -0.2) is 27.9 Å². The number of nitro groups is 1. The normalized spacial score (nSPS) is 13.2. The van der Waals surface area contributed by atoms with Gasteiger partial charge in [0.2, 0.25) is 5.91 Å². The van der Waals surface area contributed by atoms with Crippen LogP contribution in [0.1, 0.15) is 25.8 Å². The third kappa shape index (κ3) is 4.87. The molecule has 0 aliphatic rings. The standard InChI is InChI=1S/C14H18N2O5/c1-3-9(2)13(14(18)19)15-12(17)8-10-4-6-11(7-5-10)16(20)21/h4-7,9,13H,3,8H2,1-2H3,(H,15,17)(H,18,19)/t9?,13-/m0/s1. The molecular weight excluding hydrogens is 276 g/mol. The van der Waals surface area contributed by atoms with Gasteiger partial charge in [-0.05, 0) is 11.5 Å². The van der Waals surface area contributed by atoms with Crippen molar-refractivity contribution in [3.63, 3.8) is 0 Å². The highest BCUT2D eigenvalue weighted by Gasteiger charge is 2.25. The number of carboxylic acid groups (broad SMARTS) is 1. The highest BCUT2D eigenvalue weighted by molar-refractivity contribution is 5.85. The van der Waals surface area contributed by atoms with Crippen LogP contribution in [0.3, 0.4) is 0 Å². The molecule has 0 aliphatic carbocycles. The molecule has 0 aliphatic heterocycles. The summed E-state index contributed by atoms with van der Waals surface area (Å²) in [6.07, 6.45) is 0.618. The predicted molar refractivity (Wildman–Crippen MR) is 75.8 cm³/mol. The summed E-state index contributed by atoms with van der Waals surface area (Å²) in [6.45, 7) is 3.61. The number of carbonyl (C=O) groups excluding carboxylic acids is 1. The molecule has 0 heterocycles. The molecule has 0 saturated carbocycles. The Morgan fingerprint density at radius 2 is 1.90 bits per heavy atom. The number of hydrogen-bond donors (Lipinski definition) is 2. The van der Waals surface area contributed by atoms with Crippen LogP contribution in [0, 0.1) is 16.0 Å². The quantitative estimate of drug-likeness (QED) is 0.588. The lowest BCUT2D eigenvalue weighted by Crippen LogP contribution is -2.45. The van der Waals surface area contributed by atoms with E-state index in [0.29, 0.717) is 12.0 Å². The van der Waals surface area contributed by atoms with Crippen LogP contribution in [0.15, 0.2) is 24.3 Å². The van der Waals surface area contributed by atoms with E-state index in [-0.39, 0.29) is 18.0 Å². The molecule has 0 saturated heterocycles. The lowest BCUT2D eigenvalue weighted by Gasteiger charge is -2.20. The topological polar surface area (TPSA) is 110 Å². The Bertz CT molecular complexity index is 527. The average Bonchev–Trinajstić information content (AvgIpc) is 2.44. The molecular formula is C14H18N2O5. The highest BCUT2D eigenvalue weighted by Crippen LogP contribution is 2.13. The Hall–Kier alpha value is -2.44. The van der Waals surface area contributed by atoms with Gasteiger partial charge < -0.3 is 10.4 Å². The van der Waals surface area contributed by atoms with E-state index >= 15 is 0 Å². The number of carbonyl (C=O) groups is 2. The van der Waals surface area contributed by atoms with Crippen molar-refractivity contribution in [3.8, 4) is 0 Å². The maximum atomic E-state index is 11.9. The largest absolute Gasteiger partial charge is 0.480 e. The van der Waals surface area contributed by atoms with Crippen molar-refractivity contribution in [1.82, 2.24) is 5.32 Å². The smallest absolute Gasteiger partial charge is 0.326 e. The molecule has 21 heavy (non-hydrogen) atoms. The first-order chi connectivity index (χ1) is 9.85. The lowest BCUT2D eigenvalue weighted by molar-refractivity contribution is -0.384. The first kappa shape index (κ1) is 16.6. The van der Waals surface area contributed by atoms with E-state index in [9.17, 15) is 19.7 Å². The van der Waals surface area contributed by atoms with Gasteiger partial charge in [-0.2, -0.15) is 0 Å². The van der Waals surface area contributed by atoms with Crippen molar-refractivity contribution in [2.75, 3.05) is 0 Å². The Labute approximate surface area is 122 Å². The Balaban J connectivity index is 2.67. The first-order valence-electron chi connectivity index (χ1n) is 6.60. The second-order valence-corrected chi connectivity index (χ2v) is 4.87. The zero-order valence-electron chi connectivity index (χ0n) is 11.9. The molecule has 0 fully saturated rings. The first-order valence-corrected chi connectivity index (χ1v) is 6.60. The van der Waals surface area contributed by atoms with Crippen molar-refractivity contribution in [3.05, 3.63) is 39.9 Å². The van der Waals surface area contributed by atoms with Crippen LogP contribution < -0.4 is 5.32 Å². The lowest BCUT2D eigenvalue weighted by atomic mass is 9.99. The Morgan fingerprint density at radius 3 is 2.33 bits per heavy atom. The zero-order chi connectivity index (χ0) is 16.0.